The number of benzene rings is 1. The van der Waals surface area contributed by atoms with Crippen molar-refractivity contribution in [2.45, 2.75) is 19.4 Å². The van der Waals surface area contributed by atoms with Crippen molar-refractivity contribution in [3.63, 3.8) is 0 Å². The number of anilines is 1. The largest absolute Gasteiger partial charge is 0.480 e. The SMILES string of the molecule is CC(C)(Oc1ccc(N)cc1F)c1ccncc1. The first-order valence-electron chi connectivity index (χ1n) is 5.63. The fourth-order valence-electron chi connectivity index (χ4n) is 1.69. The molecule has 0 saturated carbocycles. The van der Waals surface area contributed by atoms with Crippen LogP contribution in [0, 0.1) is 5.82 Å². The van der Waals surface area contributed by atoms with Gasteiger partial charge in [0.25, 0.3) is 0 Å². The predicted octanol–water partition coefficient (Wildman–Crippen LogP) is 3.12. The Morgan fingerprint density at radius 2 is 1.83 bits per heavy atom. The van der Waals surface area contributed by atoms with Crippen molar-refractivity contribution in [1.82, 2.24) is 4.98 Å². The third-order valence-electron chi connectivity index (χ3n) is 2.70. The Bertz CT molecular complexity index is 541. The van der Waals surface area contributed by atoms with Gasteiger partial charge in [-0.2, -0.15) is 0 Å². The van der Waals surface area contributed by atoms with E-state index in [0.717, 1.165) is 5.56 Å². The van der Waals surface area contributed by atoms with Gasteiger partial charge in [0.1, 0.15) is 5.60 Å². The molecule has 0 spiro atoms. The monoisotopic (exact) mass is 246 g/mol. The predicted molar refractivity (Wildman–Crippen MR) is 68.7 cm³/mol. The molecule has 0 bridgehead atoms. The van der Waals surface area contributed by atoms with E-state index >= 15 is 0 Å². The van der Waals surface area contributed by atoms with Crippen molar-refractivity contribution in [1.29, 1.82) is 0 Å². The average Bonchev–Trinajstić information content (AvgIpc) is 2.34. The molecule has 0 radical (unpaired) electrons. The van der Waals surface area contributed by atoms with Crippen LogP contribution in [0.5, 0.6) is 5.75 Å². The van der Waals surface area contributed by atoms with E-state index in [1.807, 2.05) is 26.0 Å². The van der Waals surface area contributed by atoms with Crippen molar-refractivity contribution in [2.75, 3.05) is 5.73 Å². The molecule has 0 aliphatic carbocycles. The Kier molecular flexibility index (Phi) is 3.19. The summed E-state index contributed by atoms with van der Waals surface area (Å²) >= 11 is 0. The number of nitrogen functional groups attached to an aromatic ring is 1. The van der Waals surface area contributed by atoms with Gasteiger partial charge in [-0.15, -0.1) is 0 Å². The minimum Gasteiger partial charge on any atom is -0.480 e. The van der Waals surface area contributed by atoms with Crippen molar-refractivity contribution in [3.8, 4) is 5.75 Å². The topological polar surface area (TPSA) is 48.1 Å². The summed E-state index contributed by atoms with van der Waals surface area (Å²) in [6, 6.07) is 8.08. The maximum Gasteiger partial charge on any atom is 0.167 e. The van der Waals surface area contributed by atoms with E-state index in [2.05, 4.69) is 4.98 Å². The van der Waals surface area contributed by atoms with Crippen molar-refractivity contribution in [2.24, 2.45) is 0 Å². The van der Waals surface area contributed by atoms with Crippen LogP contribution in [0.1, 0.15) is 19.4 Å². The summed E-state index contributed by atoms with van der Waals surface area (Å²) < 4.78 is 19.4. The van der Waals surface area contributed by atoms with Gasteiger partial charge in [0, 0.05) is 24.1 Å². The van der Waals surface area contributed by atoms with Crippen LogP contribution < -0.4 is 10.5 Å². The molecule has 3 nitrogen and oxygen atoms in total. The summed E-state index contributed by atoms with van der Waals surface area (Å²) in [6.07, 6.45) is 3.36. The fraction of sp³-hybridized carbons (Fsp3) is 0.214. The molecule has 0 atom stereocenters. The third-order valence-corrected chi connectivity index (χ3v) is 2.70. The van der Waals surface area contributed by atoms with Gasteiger partial charge in [0.05, 0.1) is 0 Å². The van der Waals surface area contributed by atoms with Gasteiger partial charge in [-0.3, -0.25) is 4.98 Å². The number of aromatic nitrogens is 1. The van der Waals surface area contributed by atoms with Crippen LogP contribution in [0.25, 0.3) is 0 Å². The molecular formula is C14H15FN2O. The van der Waals surface area contributed by atoms with Gasteiger partial charge in [-0.1, -0.05) is 0 Å². The first-order valence-corrected chi connectivity index (χ1v) is 5.63. The van der Waals surface area contributed by atoms with Crippen molar-refractivity contribution in [3.05, 3.63) is 54.1 Å². The van der Waals surface area contributed by atoms with Gasteiger partial charge >= 0.3 is 0 Å². The molecule has 0 saturated heterocycles. The highest BCUT2D eigenvalue weighted by atomic mass is 19.1. The van der Waals surface area contributed by atoms with Crippen LogP contribution in [-0.2, 0) is 5.60 Å². The molecule has 1 aromatic carbocycles. The zero-order valence-corrected chi connectivity index (χ0v) is 10.4. The minimum atomic E-state index is -0.639. The van der Waals surface area contributed by atoms with Crippen LogP contribution in [0.15, 0.2) is 42.7 Å². The zero-order chi connectivity index (χ0) is 13.2. The smallest absolute Gasteiger partial charge is 0.167 e. The van der Waals surface area contributed by atoms with Gasteiger partial charge in [-0.05, 0) is 43.7 Å². The van der Waals surface area contributed by atoms with E-state index in [1.54, 1.807) is 18.5 Å². The lowest BCUT2D eigenvalue weighted by atomic mass is 9.99. The number of rotatable bonds is 3. The average molecular weight is 246 g/mol. The van der Waals surface area contributed by atoms with E-state index in [9.17, 15) is 4.39 Å². The third kappa shape index (κ3) is 2.59. The Morgan fingerprint density at radius 3 is 2.44 bits per heavy atom. The molecule has 0 aliphatic rings. The Hall–Kier alpha value is -2.10. The van der Waals surface area contributed by atoms with Gasteiger partial charge in [0.2, 0.25) is 0 Å². The molecule has 0 unspecified atom stereocenters. The Labute approximate surface area is 105 Å². The number of pyridine rings is 1. The number of hydrogen-bond donors (Lipinski definition) is 1. The molecule has 2 rings (SSSR count). The summed E-state index contributed by atoms with van der Waals surface area (Å²) in [5.41, 5.74) is 6.16. The molecule has 1 heterocycles. The number of ether oxygens (including phenoxy) is 1. The van der Waals surface area contributed by atoms with Gasteiger partial charge < -0.3 is 10.5 Å². The second-order valence-corrected chi connectivity index (χ2v) is 4.54. The molecule has 4 heteroatoms. The van der Waals surface area contributed by atoms with Gasteiger partial charge in [0.15, 0.2) is 11.6 Å². The van der Waals surface area contributed by atoms with Crippen molar-refractivity contribution < 1.29 is 9.13 Å². The number of nitrogens with zero attached hydrogens (tertiary/aromatic N) is 1. The fourth-order valence-corrected chi connectivity index (χ4v) is 1.69. The zero-order valence-electron chi connectivity index (χ0n) is 10.4. The lowest BCUT2D eigenvalue weighted by molar-refractivity contribution is 0.103. The number of hydrogen-bond acceptors (Lipinski definition) is 3. The van der Waals surface area contributed by atoms with Crippen molar-refractivity contribution >= 4 is 5.69 Å². The Balaban J connectivity index is 2.28. The van der Waals surface area contributed by atoms with E-state index in [1.165, 1.54) is 12.1 Å². The molecule has 2 aromatic rings. The first kappa shape index (κ1) is 12.4. The Morgan fingerprint density at radius 1 is 1.17 bits per heavy atom. The number of nitrogens with two attached hydrogens (primary N) is 1. The highest BCUT2D eigenvalue weighted by Gasteiger charge is 2.23. The van der Waals surface area contributed by atoms with Crippen LogP contribution >= 0.6 is 0 Å². The molecule has 0 fully saturated rings. The van der Waals surface area contributed by atoms with Crippen LogP contribution in [0.4, 0.5) is 10.1 Å². The minimum absolute atomic E-state index is 0.186. The van der Waals surface area contributed by atoms with Crippen LogP contribution in [0.2, 0.25) is 0 Å². The lowest BCUT2D eigenvalue weighted by Gasteiger charge is -2.27. The van der Waals surface area contributed by atoms with Gasteiger partial charge in [-0.25, -0.2) is 4.39 Å². The highest BCUT2D eigenvalue weighted by Crippen LogP contribution is 2.29. The van der Waals surface area contributed by atoms with Crippen LogP contribution in [0.3, 0.4) is 0 Å². The summed E-state index contributed by atoms with van der Waals surface area (Å²) in [7, 11) is 0. The highest BCUT2D eigenvalue weighted by molar-refractivity contribution is 5.43. The van der Waals surface area contributed by atoms with E-state index < -0.39 is 11.4 Å². The second-order valence-electron chi connectivity index (χ2n) is 4.54. The summed E-state index contributed by atoms with van der Waals surface area (Å²) in [6.45, 7) is 3.75. The first-order chi connectivity index (χ1) is 8.49. The van der Waals surface area contributed by atoms with E-state index in [-0.39, 0.29) is 5.75 Å². The van der Waals surface area contributed by atoms with E-state index in [4.69, 9.17) is 10.5 Å². The molecule has 2 N–H and O–H groups in total. The molecule has 1 aromatic heterocycles. The standard InChI is InChI=1S/C14H15FN2O/c1-14(2,10-5-7-17-8-6-10)18-13-4-3-11(16)9-12(13)15/h3-9H,16H2,1-2H3. The molecule has 94 valence electrons. The lowest BCUT2D eigenvalue weighted by Crippen LogP contribution is -2.25. The summed E-state index contributed by atoms with van der Waals surface area (Å²) in [4.78, 5) is 3.95. The molecule has 0 amide bonds. The molecule has 0 aliphatic heterocycles. The summed E-state index contributed by atoms with van der Waals surface area (Å²) in [5.74, 6) is -0.275. The molecular weight excluding hydrogens is 231 g/mol. The maximum absolute atomic E-state index is 13.7. The van der Waals surface area contributed by atoms with E-state index in [0.29, 0.717) is 5.69 Å². The maximum atomic E-state index is 13.7. The molecule has 18 heavy (non-hydrogen) atoms. The second kappa shape index (κ2) is 4.64. The summed E-state index contributed by atoms with van der Waals surface area (Å²) in [5, 5.41) is 0. The quantitative estimate of drug-likeness (QED) is 0.846. The van der Waals surface area contributed by atoms with Crippen LogP contribution in [-0.4, -0.2) is 4.98 Å². The normalized spacial score (nSPS) is 11.3. The number of halogens is 1.